The van der Waals surface area contributed by atoms with Crippen molar-refractivity contribution >= 4 is 33.4 Å². The molecule has 0 heterocycles. The van der Waals surface area contributed by atoms with Crippen molar-refractivity contribution in [3.8, 4) is 5.75 Å². The summed E-state index contributed by atoms with van der Waals surface area (Å²) >= 11 is 1.06. The number of nitrogens with one attached hydrogen (secondary N) is 1. The molecular formula is C29H35F3N2O3S2. The summed E-state index contributed by atoms with van der Waals surface area (Å²) in [4.78, 5) is 0. The average Bonchev–Trinajstić information content (AvgIpc) is 3.41. The highest BCUT2D eigenvalue weighted by Crippen LogP contribution is 2.67. The maximum Gasteiger partial charge on any atom is 0.534 e. The van der Waals surface area contributed by atoms with Crippen LogP contribution < -0.4 is 14.0 Å². The van der Waals surface area contributed by atoms with Gasteiger partial charge in [-0.3, -0.25) is 5.14 Å². The Kier molecular flexibility index (Phi) is 9.20. The summed E-state index contributed by atoms with van der Waals surface area (Å²) in [7, 11) is -5.85. The van der Waals surface area contributed by atoms with Crippen LogP contribution in [-0.4, -0.2) is 20.0 Å². The van der Waals surface area contributed by atoms with Crippen molar-refractivity contribution < 1.29 is 25.8 Å². The second kappa shape index (κ2) is 12.1. The molecule has 0 spiro atoms. The van der Waals surface area contributed by atoms with Crippen LogP contribution in [0.5, 0.6) is 5.75 Å². The minimum Gasteiger partial charge on any atom is -0.375 e. The lowest BCUT2D eigenvalue weighted by Gasteiger charge is -2.38. The normalized spacial score (nSPS) is 23.2. The van der Waals surface area contributed by atoms with Crippen LogP contribution in [0.1, 0.15) is 69.4 Å². The molecule has 0 aliphatic heterocycles. The first-order valence-corrected chi connectivity index (χ1v) is 15.5. The zero-order chi connectivity index (χ0) is 28.3. The van der Waals surface area contributed by atoms with E-state index in [1.807, 2.05) is 18.2 Å². The number of alkyl halides is 3. The van der Waals surface area contributed by atoms with E-state index in [-0.39, 0.29) is 23.3 Å². The number of allylic oxidation sites excluding steroid dienone is 3. The molecule has 2 aromatic carbocycles. The first-order valence-electron chi connectivity index (χ1n) is 13.3. The first-order chi connectivity index (χ1) is 18.6. The molecule has 0 aromatic heterocycles. The van der Waals surface area contributed by atoms with Crippen molar-refractivity contribution in [2.45, 2.75) is 69.8 Å². The Morgan fingerprint density at radius 2 is 1.82 bits per heavy atom. The lowest BCUT2D eigenvalue weighted by Crippen LogP contribution is -2.35. The van der Waals surface area contributed by atoms with E-state index in [0.29, 0.717) is 12.0 Å². The topological polar surface area (TPSA) is 81.4 Å². The molecule has 4 rings (SSSR count). The number of hydrogen-bond donors (Lipinski definition) is 2. The molecule has 3 N–H and O–H groups in total. The van der Waals surface area contributed by atoms with Crippen molar-refractivity contribution in [1.29, 1.82) is 0 Å². The van der Waals surface area contributed by atoms with Gasteiger partial charge in [-0.25, -0.2) is 4.72 Å². The third kappa shape index (κ3) is 5.80. The third-order valence-corrected chi connectivity index (χ3v) is 9.49. The molecule has 2 aromatic rings. The van der Waals surface area contributed by atoms with Crippen molar-refractivity contribution in [3.05, 3.63) is 77.9 Å². The number of fused-ring (bicyclic) bond motifs is 1. The average molecular weight is 581 g/mol. The first kappa shape index (κ1) is 29.7. The molecule has 10 heteroatoms. The molecule has 1 saturated carbocycles. The van der Waals surface area contributed by atoms with E-state index in [1.165, 1.54) is 17.7 Å². The number of nitrogens with two attached hydrogens (primary N) is 1. The van der Waals surface area contributed by atoms with E-state index in [2.05, 4.69) is 34.5 Å². The molecule has 0 bridgehead atoms. The second-order valence-corrected chi connectivity index (χ2v) is 12.3. The molecule has 1 fully saturated rings. The molecule has 0 saturated heterocycles. The van der Waals surface area contributed by atoms with Crippen molar-refractivity contribution in [1.82, 2.24) is 4.72 Å². The molecule has 3 atom stereocenters. The van der Waals surface area contributed by atoms with Gasteiger partial charge in [0.15, 0.2) is 0 Å². The molecule has 0 radical (unpaired) electrons. The lowest BCUT2D eigenvalue weighted by atomic mass is 9.66. The Bertz CT molecular complexity index is 1310. The van der Waals surface area contributed by atoms with Crippen molar-refractivity contribution in [2.24, 2.45) is 16.5 Å². The molecule has 2 aliphatic rings. The van der Waals surface area contributed by atoms with Crippen LogP contribution in [0.2, 0.25) is 0 Å². The van der Waals surface area contributed by atoms with E-state index in [0.717, 1.165) is 68.2 Å². The fourth-order valence-corrected chi connectivity index (χ4v) is 7.36. The molecule has 5 nitrogen and oxygen atoms in total. The summed E-state index contributed by atoms with van der Waals surface area (Å²) in [5.41, 5.74) is -1.83. The van der Waals surface area contributed by atoms with Gasteiger partial charge in [-0.1, -0.05) is 86.9 Å². The maximum atomic E-state index is 13.2. The van der Waals surface area contributed by atoms with Gasteiger partial charge in [0, 0.05) is 29.2 Å². The molecule has 212 valence electrons. The van der Waals surface area contributed by atoms with Crippen LogP contribution in [0, 0.1) is 11.3 Å². The summed E-state index contributed by atoms with van der Waals surface area (Å²) < 4.78 is 71.7. The van der Waals surface area contributed by atoms with Crippen LogP contribution in [0.25, 0.3) is 11.1 Å². The minimum absolute atomic E-state index is 0.0460. The van der Waals surface area contributed by atoms with E-state index in [9.17, 15) is 21.6 Å². The van der Waals surface area contributed by atoms with Gasteiger partial charge in [0.25, 0.3) is 0 Å². The summed E-state index contributed by atoms with van der Waals surface area (Å²) in [5, 5.41) is 5.83. The second-order valence-electron chi connectivity index (χ2n) is 10.3. The number of unbranched alkanes of at least 4 members (excludes halogenated alkanes) is 3. The van der Waals surface area contributed by atoms with Gasteiger partial charge in [-0.2, -0.15) is 21.6 Å². The Morgan fingerprint density at radius 3 is 2.49 bits per heavy atom. The van der Waals surface area contributed by atoms with Crippen LogP contribution in [0.15, 0.2) is 66.7 Å². The van der Waals surface area contributed by atoms with E-state index >= 15 is 0 Å². The number of para-hydroxylation sites is 1. The van der Waals surface area contributed by atoms with Crippen molar-refractivity contribution in [2.75, 3.05) is 0 Å². The highest BCUT2D eigenvalue weighted by molar-refractivity contribution is 7.95. The van der Waals surface area contributed by atoms with Crippen LogP contribution in [0.4, 0.5) is 13.2 Å². The Balaban J connectivity index is 1.85. The molecule has 0 amide bonds. The van der Waals surface area contributed by atoms with Crippen LogP contribution in [0.3, 0.4) is 0 Å². The lowest BCUT2D eigenvalue weighted by molar-refractivity contribution is -0.0500. The third-order valence-electron chi connectivity index (χ3n) is 8.08. The Hall–Kier alpha value is -2.27. The zero-order valence-electron chi connectivity index (χ0n) is 22.0. The molecule has 3 unspecified atom stereocenters. The van der Waals surface area contributed by atoms with E-state index in [1.54, 1.807) is 12.1 Å². The highest BCUT2D eigenvalue weighted by Gasteiger charge is 2.57. The minimum atomic E-state index is -5.85. The zero-order valence-corrected chi connectivity index (χ0v) is 23.6. The summed E-state index contributed by atoms with van der Waals surface area (Å²) in [6.45, 7) is 6.63. The van der Waals surface area contributed by atoms with Gasteiger partial charge >= 0.3 is 15.6 Å². The number of halogens is 3. The van der Waals surface area contributed by atoms with Crippen LogP contribution in [-0.2, 0) is 10.1 Å². The maximum absolute atomic E-state index is 13.2. The van der Waals surface area contributed by atoms with Gasteiger partial charge in [-0.15, -0.1) is 0 Å². The highest BCUT2D eigenvalue weighted by atomic mass is 32.2. The predicted molar refractivity (Wildman–Crippen MR) is 152 cm³/mol. The molecule has 39 heavy (non-hydrogen) atoms. The quantitative estimate of drug-likeness (QED) is 0.116. The molecular weight excluding hydrogens is 545 g/mol. The summed E-state index contributed by atoms with van der Waals surface area (Å²) in [5.74, 6) is -0.328. The van der Waals surface area contributed by atoms with E-state index in [4.69, 9.17) is 5.14 Å². The van der Waals surface area contributed by atoms with Gasteiger partial charge in [0.1, 0.15) is 5.75 Å². The van der Waals surface area contributed by atoms with Gasteiger partial charge < -0.3 is 4.18 Å². The fourth-order valence-electron chi connectivity index (χ4n) is 6.43. The Morgan fingerprint density at radius 1 is 1.13 bits per heavy atom. The SMILES string of the molecule is C=C(c1ccccc1OS(=O)(=O)C(F)(F)F)C12CCC(NSN)C1CC(CCCCCC)=C2c1ccccc1. The standard InChI is InChI=1S/C29H35F3N2O3S2/c1-3-4-5-7-14-22-19-24-25(34-38-33)17-18-28(24,27(22)21-12-8-6-9-13-21)20(2)23-15-10-11-16-26(23)37-39(35,36)29(30,31)32/h6,8-13,15-16,24-25,34H,2-5,7,14,17-19,33H2,1H3. The number of hydrogen-bond acceptors (Lipinski definition) is 6. The fraction of sp³-hybridized carbons (Fsp3) is 0.448. The Labute approximate surface area is 233 Å². The smallest absolute Gasteiger partial charge is 0.375 e. The van der Waals surface area contributed by atoms with E-state index < -0.39 is 21.0 Å². The van der Waals surface area contributed by atoms with Crippen molar-refractivity contribution in [3.63, 3.8) is 0 Å². The monoisotopic (exact) mass is 580 g/mol. The van der Waals surface area contributed by atoms with Crippen LogP contribution >= 0.6 is 12.1 Å². The largest absolute Gasteiger partial charge is 0.534 e. The van der Waals surface area contributed by atoms with Gasteiger partial charge in [0.2, 0.25) is 0 Å². The van der Waals surface area contributed by atoms with Gasteiger partial charge in [-0.05, 0) is 60.8 Å². The summed E-state index contributed by atoms with van der Waals surface area (Å²) in [6, 6.07) is 16.1. The summed E-state index contributed by atoms with van der Waals surface area (Å²) in [6.07, 6.45) is 7.65. The number of benzene rings is 2. The van der Waals surface area contributed by atoms with Gasteiger partial charge in [0.05, 0.1) is 0 Å². The molecule has 2 aliphatic carbocycles. The number of rotatable bonds is 12. The predicted octanol–water partition coefficient (Wildman–Crippen LogP) is 7.63.